The van der Waals surface area contributed by atoms with Gasteiger partial charge < -0.3 is 79.7 Å². The zero-order chi connectivity index (χ0) is 55.5. The lowest BCUT2D eigenvalue weighted by Crippen LogP contribution is -2.69. The van der Waals surface area contributed by atoms with E-state index in [1.54, 1.807) is 69.2 Å². The van der Waals surface area contributed by atoms with Crippen LogP contribution in [0.3, 0.4) is 0 Å². The van der Waals surface area contributed by atoms with E-state index in [0.29, 0.717) is 11.1 Å². The van der Waals surface area contributed by atoms with E-state index in [4.69, 9.17) is 37.3 Å². The van der Waals surface area contributed by atoms with Gasteiger partial charge in [-0.15, -0.1) is 0 Å². The van der Waals surface area contributed by atoms with Gasteiger partial charge in [0.1, 0.15) is 76.6 Å². The third kappa shape index (κ3) is 16.8. The Bertz CT molecular complexity index is 2090. The van der Waals surface area contributed by atoms with Crippen molar-refractivity contribution in [1.29, 1.82) is 0 Å². The fraction of sp³-hybridized carbons (Fsp3) is 0.820. The van der Waals surface area contributed by atoms with Gasteiger partial charge in [0.05, 0.1) is 24.8 Å². The first-order valence-corrected chi connectivity index (χ1v) is 26.6. The number of carbonyl (C=O) groups is 3. The predicted molar refractivity (Wildman–Crippen MR) is 264 cm³/mol. The van der Waals surface area contributed by atoms with Crippen LogP contribution >= 0.6 is 0 Å². The number of carbonyl (C=O) groups excluding carboxylic acids is 3. The minimum Gasteiger partial charge on any atom is -0.444 e. The van der Waals surface area contributed by atoms with Crippen LogP contribution < -0.4 is 16.0 Å². The number of hydrogen-bond donors (Lipinski definition) is 9. The predicted octanol–water partition coefficient (Wildman–Crippen LogP) is 3.89. The molecule has 22 nitrogen and oxygen atoms in total. The van der Waals surface area contributed by atoms with Crippen LogP contribution in [-0.4, -0.2) is 173 Å². The van der Waals surface area contributed by atoms with Crippen molar-refractivity contribution in [2.75, 3.05) is 13.2 Å². The highest BCUT2D eigenvalue weighted by Gasteiger charge is 2.54. The maximum absolute atomic E-state index is 14.3. The Labute approximate surface area is 430 Å². The molecule has 4 rings (SSSR count). The summed E-state index contributed by atoms with van der Waals surface area (Å²) in [5.74, 6) is -1.36. The number of hydrogen-bond acceptors (Lipinski definition) is 19. The Hall–Kier alpha value is -3.46. The smallest absolute Gasteiger partial charge is 0.407 e. The first-order valence-electron chi connectivity index (χ1n) is 25.2. The molecule has 2 saturated heterocycles. The van der Waals surface area contributed by atoms with Crippen LogP contribution in [0.4, 0.5) is 14.4 Å². The molecule has 0 radical (unpaired) electrons. The van der Waals surface area contributed by atoms with Crippen LogP contribution in [0, 0.1) is 5.92 Å². The van der Waals surface area contributed by atoms with Gasteiger partial charge in [-0.2, -0.15) is 8.42 Å². The molecule has 3 amide bonds. The number of amides is 3. The number of benzene rings is 1. The molecule has 0 bridgehead atoms. The van der Waals surface area contributed by atoms with Crippen LogP contribution in [0.25, 0.3) is 0 Å². The average Bonchev–Trinajstić information content (AvgIpc) is 3.23. The Kier molecular flexibility index (Phi) is 21.0. The van der Waals surface area contributed by atoms with Crippen LogP contribution in [0.15, 0.2) is 17.0 Å². The normalized spacial score (nSPS) is 31.5. The number of rotatable bonds is 16. The molecule has 1 aromatic rings. The van der Waals surface area contributed by atoms with Crippen molar-refractivity contribution in [3.05, 3.63) is 28.8 Å². The summed E-state index contributed by atoms with van der Waals surface area (Å²) in [7, 11) is -4.54. The molecule has 23 heteroatoms. The number of nitrogens with one attached hydrogen (secondary N) is 3. The lowest BCUT2D eigenvalue weighted by Gasteiger charge is -2.49. The maximum Gasteiger partial charge on any atom is 0.407 e. The summed E-state index contributed by atoms with van der Waals surface area (Å²) in [6, 6.07) is 1.05. The summed E-state index contributed by atoms with van der Waals surface area (Å²) in [6.45, 7) is 26.6. The molecule has 0 spiro atoms. The number of aliphatic hydroxyl groups excluding tert-OH is 6. The Balaban J connectivity index is 1.75. The van der Waals surface area contributed by atoms with Gasteiger partial charge in [0.15, 0.2) is 12.6 Å². The van der Waals surface area contributed by atoms with Crippen molar-refractivity contribution >= 4 is 28.4 Å². The minimum atomic E-state index is -4.54. The van der Waals surface area contributed by atoms with Gasteiger partial charge in [-0.3, -0.25) is 4.18 Å². The molecule has 1 aliphatic carbocycles. The monoisotopic (exact) mass is 1060 g/mol. The molecule has 1 saturated carbocycles. The Morgan fingerprint density at radius 3 is 1.48 bits per heavy atom. The van der Waals surface area contributed by atoms with E-state index in [9.17, 15) is 53.4 Å². The fourth-order valence-corrected chi connectivity index (χ4v) is 10.5. The molecule has 15 unspecified atom stereocenters. The second-order valence-corrected chi connectivity index (χ2v) is 24.7. The van der Waals surface area contributed by atoms with Gasteiger partial charge in [0.2, 0.25) is 0 Å². The summed E-state index contributed by atoms with van der Waals surface area (Å²) in [5, 5.41) is 76.8. The van der Waals surface area contributed by atoms with E-state index >= 15 is 0 Å². The lowest BCUT2D eigenvalue weighted by atomic mass is 9.82. The van der Waals surface area contributed by atoms with Gasteiger partial charge in [-0.05, 0) is 110 Å². The van der Waals surface area contributed by atoms with Gasteiger partial charge >= 0.3 is 18.3 Å². The zero-order valence-electron chi connectivity index (χ0n) is 45.3. The minimum absolute atomic E-state index is 0.00812. The van der Waals surface area contributed by atoms with Gasteiger partial charge in [0.25, 0.3) is 10.1 Å². The molecular formula is C50H85N3O19S. The van der Waals surface area contributed by atoms with Crippen LogP contribution in [0.1, 0.15) is 158 Å². The van der Waals surface area contributed by atoms with Gasteiger partial charge in [-0.25, -0.2) is 14.4 Å². The molecule has 3 fully saturated rings. The van der Waals surface area contributed by atoms with Gasteiger partial charge in [-0.1, -0.05) is 60.6 Å². The fourth-order valence-electron chi connectivity index (χ4n) is 8.90. The van der Waals surface area contributed by atoms with Gasteiger partial charge in [0, 0.05) is 12.5 Å². The highest BCUT2D eigenvalue weighted by molar-refractivity contribution is 7.86. The van der Waals surface area contributed by atoms with Crippen molar-refractivity contribution in [3.63, 3.8) is 0 Å². The van der Waals surface area contributed by atoms with Crippen molar-refractivity contribution in [2.24, 2.45) is 5.92 Å². The van der Waals surface area contributed by atoms with Crippen LogP contribution in [0.5, 0.6) is 0 Å². The molecule has 0 aromatic heterocycles. The third-order valence-electron chi connectivity index (χ3n) is 12.5. The van der Waals surface area contributed by atoms with E-state index in [2.05, 4.69) is 16.0 Å². The standard InChI is InChI=1S/C50H85N3O19S/c1-17-27-34(54)33(22-65-73(63,64)42-28(24(4)5)18-26(23(2)3)19-29(42)25(6)7)67-43(35(27)55)68-40-30(52-46(61)71-49(11,12)13)20-31(53-47(62)72-50(14,15)16)41(39(40)59)69-44-38(58)37(57)36(56)32(66-44)21-51-45(60)70-48(8,9)10/h18-19,23-25,27,30-41,43-44,54-59H,17,20-22H2,1-16H3,(H,51,60)(H,52,61)(H,53,62). The summed E-state index contributed by atoms with van der Waals surface area (Å²) in [5.41, 5.74) is -0.869. The van der Waals surface area contributed by atoms with E-state index < -0.39 is 150 Å². The topological polar surface area (TPSA) is 317 Å². The molecule has 2 aliphatic heterocycles. The first kappa shape index (κ1) is 62.1. The second-order valence-electron chi connectivity index (χ2n) is 23.2. The van der Waals surface area contributed by atoms with Crippen molar-refractivity contribution < 1.29 is 90.8 Å². The number of ether oxygens (including phenoxy) is 7. The number of aliphatic hydroxyl groups is 6. The quantitative estimate of drug-likeness (QED) is 0.0838. The molecule has 420 valence electrons. The van der Waals surface area contributed by atoms with E-state index in [0.717, 1.165) is 5.56 Å². The van der Waals surface area contributed by atoms with E-state index in [-0.39, 0.29) is 35.5 Å². The zero-order valence-corrected chi connectivity index (χ0v) is 46.1. The second kappa shape index (κ2) is 24.7. The van der Waals surface area contributed by atoms with E-state index in [1.807, 2.05) is 53.7 Å². The third-order valence-corrected chi connectivity index (χ3v) is 13.9. The van der Waals surface area contributed by atoms with Crippen molar-refractivity contribution in [2.45, 2.75) is 249 Å². The van der Waals surface area contributed by atoms with E-state index in [1.165, 1.54) is 0 Å². The summed E-state index contributed by atoms with van der Waals surface area (Å²) < 4.78 is 75.5. The average molecular weight is 1060 g/mol. The molecule has 2 heterocycles. The molecule has 73 heavy (non-hydrogen) atoms. The van der Waals surface area contributed by atoms with Crippen LogP contribution in [-0.2, 0) is 47.5 Å². The summed E-state index contributed by atoms with van der Waals surface area (Å²) in [4.78, 5) is 39.5. The first-order chi connectivity index (χ1) is 33.4. The van der Waals surface area contributed by atoms with Crippen molar-refractivity contribution in [1.82, 2.24) is 16.0 Å². The molecule has 3 aliphatic rings. The molecule has 1 aromatic carbocycles. The molecular weight excluding hydrogens is 979 g/mol. The van der Waals surface area contributed by atoms with Crippen LogP contribution in [0.2, 0.25) is 0 Å². The maximum atomic E-state index is 14.3. The highest BCUT2D eigenvalue weighted by atomic mass is 32.2. The lowest BCUT2D eigenvalue weighted by molar-refractivity contribution is -0.337. The molecule has 15 atom stereocenters. The molecule has 9 N–H and O–H groups in total. The summed E-state index contributed by atoms with van der Waals surface area (Å²) >= 11 is 0. The number of alkyl carbamates (subject to hydrolysis) is 3. The Morgan fingerprint density at radius 2 is 1.05 bits per heavy atom. The SMILES string of the molecule is CCC1C(O)C(COS(=O)(=O)c2c(C(C)C)cc(C(C)C)cc2C(C)C)OC(OC2C(NC(=O)OC(C)(C)C)CC(NC(=O)OC(C)(C)C)C(OC3OC(CNC(=O)OC(C)(C)C)C(O)C(O)C3O)C2O)C1O. The highest BCUT2D eigenvalue weighted by Crippen LogP contribution is 2.39. The van der Waals surface area contributed by atoms with Crippen molar-refractivity contribution in [3.8, 4) is 0 Å². The Morgan fingerprint density at radius 1 is 0.616 bits per heavy atom. The summed E-state index contributed by atoms with van der Waals surface area (Å²) in [6.07, 6.45) is -23.8. The largest absolute Gasteiger partial charge is 0.444 e.